The van der Waals surface area contributed by atoms with E-state index in [1.54, 1.807) is 17.0 Å². The fourth-order valence-corrected chi connectivity index (χ4v) is 2.85. The van der Waals surface area contributed by atoms with Crippen LogP contribution in [0.4, 0.5) is 10.1 Å². The summed E-state index contributed by atoms with van der Waals surface area (Å²) in [4.78, 5) is 14.0. The lowest BCUT2D eigenvalue weighted by Gasteiger charge is -2.33. The van der Waals surface area contributed by atoms with Crippen LogP contribution in [0.3, 0.4) is 0 Å². The van der Waals surface area contributed by atoms with Crippen LogP contribution in [-0.2, 0) is 4.79 Å². The van der Waals surface area contributed by atoms with Crippen LogP contribution >= 0.6 is 15.9 Å². The number of nitrogens with zero attached hydrogens (tertiary/aromatic N) is 1. The van der Waals surface area contributed by atoms with E-state index in [2.05, 4.69) is 21.2 Å². The van der Waals surface area contributed by atoms with Gasteiger partial charge in [0.1, 0.15) is 5.82 Å². The summed E-state index contributed by atoms with van der Waals surface area (Å²) in [5.74, 6) is -0.348. The minimum absolute atomic E-state index is 0.00449. The van der Waals surface area contributed by atoms with E-state index >= 15 is 0 Å². The second-order valence-electron chi connectivity index (χ2n) is 5.22. The Kier molecular flexibility index (Phi) is 3.58. The summed E-state index contributed by atoms with van der Waals surface area (Å²) < 4.78 is 14.7. The standard InChI is InChI=1S/C14H16BrFN2O/c15-9-3-6-11(16)13(8-9)18-7-1-2-12(14(18)19)17-10-4-5-10/h3,6,8,10,12,17H,1-2,4-5,7H2. The molecule has 1 atom stereocenters. The first kappa shape index (κ1) is 13.1. The third kappa shape index (κ3) is 2.82. The molecular formula is C14H16BrFN2O. The molecule has 1 saturated carbocycles. The molecule has 1 unspecified atom stereocenters. The van der Waals surface area contributed by atoms with E-state index in [1.165, 1.54) is 6.07 Å². The smallest absolute Gasteiger partial charge is 0.244 e. The molecule has 3 rings (SSSR count). The van der Waals surface area contributed by atoms with Gasteiger partial charge in [-0.2, -0.15) is 0 Å². The molecule has 1 N–H and O–H groups in total. The van der Waals surface area contributed by atoms with Gasteiger partial charge in [-0.05, 0) is 43.9 Å². The number of halogens is 2. The Morgan fingerprint density at radius 3 is 2.84 bits per heavy atom. The van der Waals surface area contributed by atoms with Gasteiger partial charge >= 0.3 is 0 Å². The predicted molar refractivity (Wildman–Crippen MR) is 75.6 cm³/mol. The van der Waals surface area contributed by atoms with Gasteiger partial charge < -0.3 is 10.2 Å². The number of rotatable bonds is 3. The molecule has 1 aromatic carbocycles. The van der Waals surface area contributed by atoms with Crippen molar-refractivity contribution in [2.24, 2.45) is 0 Å². The molecule has 0 spiro atoms. The Bertz CT molecular complexity index is 504. The Morgan fingerprint density at radius 1 is 1.32 bits per heavy atom. The van der Waals surface area contributed by atoms with Crippen LogP contribution in [0, 0.1) is 5.82 Å². The van der Waals surface area contributed by atoms with E-state index in [0.717, 1.165) is 30.2 Å². The summed E-state index contributed by atoms with van der Waals surface area (Å²) in [6.07, 6.45) is 4.05. The van der Waals surface area contributed by atoms with E-state index in [-0.39, 0.29) is 17.8 Å². The van der Waals surface area contributed by atoms with E-state index in [9.17, 15) is 9.18 Å². The van der Waals surface area contributed by atoms with Crippen molar-refractivity contribution in [1.82, 2.24) is 5.32 Å². The molecule has 0 radical (unpaired) electrons. The Balaban J connectivity index is 1.82. The molecule has 1 heterocycles. The predicted octanol–water partition coefficient (Wildman–Crippen LogP) is 2.84. The highest BCUT2D eigenvalue weighted by Crippen LogP contribution is 2.28. The van der Waals surface area contributed by atoms with Crippen LogP contribution in [0.2, 0.25) is 0 Å². The van der Waals surface area contributed by atoms with Gasteiger partial charge in [0.15, 0.2) is 0 Å². The third-order valence-electron chi connectivity index (χ3n) is 3.65. The van der Waals surface area contributed by atoms with Crippen molar-refractivity contribution >= 4 is 27.5 Å². The highest BCUT2D eigenvalue weighted by Gasteiger charge is 2.34. The summed E-state index contributed by atoms with van der Waals surface area (Å²) in [6, 6.07) is 5.05. The molecule has 0 bridgehead atoms. The van der Waals surface area contributed by atoms with E-state index < -0.39 is 0 Å². The molecule has 19 heavy (non-hydrogen) atoms. The van der Waals surface area contributed by atoms with Crippen LogP contribution in [-0.4, -0.2) is 24.5 Å². The average molecular weight is 327 g/mol. The maximum Gasteiger partial charge on any atom is 0.244 e. The number of piperidine rings is 1. The number of carbonyl (C=O) groups excluding carboxylic acids is 1. The highest BCUT2D eigenvalue weighted by atomic mass is 79.9. The van der Waals surface area contributed by atoms with Crippen molar-refractivity contribution in [3.05, 3.63) is 28.5 Å². The van der Waals surface area contributed by atoms with Crippen LogP contribution in [0.25, 0.3) is 0 Å². The van der Waals surface area contributed by atoms with Crippen molar-refractivity contribution in [2.75, 3.05) is 11.4 Å². The van der Waals surface area contributed by atoms with Gasteiger partial charge in [-0.25, -0.2) is 4.39 Å². The van der Waals surface area contributed by atoms with Crippen LogP contribution < -0.4 is 10.2 Å². The van der Waals surface area contributed by atoms with Gasteiger partial charge in [0, 0.05) is 17.1 Å². The Labute approximate surface area is 120 Å². The second kappa shape index (κ2) is 5.21. The first-order chi connectivity index (χ1) is 9.15. The summed E-state index contributed by atoms with van der Waals surface area (Å²) in [5, 5.41) is 3.35. The summed E-state index contributed by atoms with van der Waals surface area (Å²) in [7, 11) is 0. The normalized spacial score (nSPS) is 23.8. The van der Waals surface area contributed by atoms with Crippen molar-refractivity contribution in [1.29, 1.82) is 0 Å². The zero-order valence-electron chi connectivity index (χ0n) is 10.5. The molecule has 5 heteroatoms. The minimum Gasteiger partial charge on any atom is -0.308 e. The van der Waals surface area contributed by atoms with Gasteiger partial charge in [0.05, 0.1) is 11.7 Å². The fourth-order valence-electron chi connectivity index (χ4n) is 2.50. The average Bonchev–Trinajstić information content (AvgIpc) is 3.19. The lowest BCUT2D eigenvalue weighted by Crippen LogP contribution is -2.51. The van der Waals surface area contributed by atoms with E-state index in [4.69, 9.17) is 0 Å². The number of anilines is 1. The molecule has 1 aliphatic carbocycles. The van der Waals surface area contributed by atoms with Crippen molar-refractivity contribution in [3.63, 3.8) is 0 Å². The van der Waals surface area contributed by atoms with Crippen molar-refractivity contribution in [2.45, 2.75) is 37.8 Å². The second-order valence-corrected chi connectivity index (χ2v) is 6.14. The molecule has 2 aliphatic rings. The van der Waals surface area contributed by atoms with Crippen LogP contribution in [0.15, 0.2) is 22.7 Å². The largest absolute Gasteiger partial charge is 0.308 e. The van der Waals surface area contributed by atoms with E-state index in [1.807, 2.05) is 0 Å². The van der Waals surface area contributed by atoms with Crippen molar-refractivity contribution in [3.8, 4) is 0 Å². The third-order valence-corrected chi connectivity index (χ3v) is 4.15. The van der Waals surface area contributed by atoms with E-state index in [0.29, 0.717) is 18.3 Å². The zero-order chi connectivity index (χ0) is 13.4. The molecule has 1 amide bonds. The van der Waals surface area contributed by atoms with Gasteiger partial charge in [0.25, 0.3) is 0 Å². The zero-order valence-corrected chi connectivity index (χ0v) is 12.1. The van der Waals surface area contributed by atoms with Gasteiger partial charge in [-0.3, -0.25) is 4.79 Å². The Morgan fingerprint density at radius 2 is 2.11 bits per heavy atom. The topological polar surface area (TPSA) is 32.3 Å². The first-order valence-electron chi connectivity index (χ1n) is 6.67. The summed E-state index contributed by atoms with van der Waals surface area (Å²) >= 11 is 3.33. The number of hydrogen-bond donors (Lipinski definition) is 1. The first-order valence-corrected chi connectivity index (χ1v) is 7.47. The molecule has 1 aliphatic heterocycles. The fraction of sp³-hybridized carbons (Fsp3) is 0.500. The Hall–Kier alpha value is -0.940. The minimum atomic E-state index is -0.344. The van der Waals surface area contributed by atoms with Gasteiger partial charge in [-0.15, -0.1) is 0 Å². The molecule has 1 aromatic rings. The van der Waals surface area contributed by atoms with Gasteiger partial charge in [0.2, 0.25) is 5.91 Å². The molecule has 102 valence electrons. The lowest BCUT2D eigenvalue weighted by atomic mass is 10.0. The van der Waals surface area contributed by atoms with Crippen molar-refractivity contribution < 1.29 is 9.18 Å². The number of benzene rings is 1. The maximum atomic E-state index is 13.9. The quantitative estimate of drug-likeness (QED) is 0.926. The number of hydrogen-bond acceptors (Lipinski definition) is 2. The maximum absolute atomic E-state index is 13.9. The molecule has 2 fully saturated rings. The van der Waals surface area contributed by atoms with Crippen LogP contribution in [0.5, 0.6) is 0 Å². The number of amides is 1. The van der Waals surface area contributed by atoms with Gasteiger partial charge in [-0.1, -0.05) is 15.9 Å². The monoisotopic (exact) mass is 326 g/mol. The lowest BCUT2D eigenvalue weighted by molar-refractivity contribution is -0.121. The molecular weight excluding hydrogens is 311 g/mol. The molecule has 1 saturated heterocycles. The molecule has 0 aromatic heterocycles. The highest BCUT2D eigenvalue weighted by molar-refractivity contribution is 9.10. The summed E-state index contributed by atoms with van der Waals surface area (Å²) in [5.41, 5.74) is 0.377. The summed E-state index contributed by atoms with van der Waals surface area (Å²) in [6.45, 7) is 0.592. The number of carbonyl (C=O) groups is 1. The SMILES string of the molecule is O=C1C(NC2CC2)CCCN1c1cc(Br)ccc1F. The molecule has 3 nitrogen and oxygen atoms in total. The van der Waals surface area contributed by atoms with Crippen LogP contribution in [0.1, 0.15) is 25.7 Å². The number of nitrogens with one attached hydrogen (secondary N) is 1.